The first kappa shape index (κ1) is 14.7. The molecular formula is C18H15N3O2. The largest absolute Gasteiger partial charge is 0.437 e. The van der Waals surface area contributed by atoms with Crippen molar-refractivity contribution in [1.29, 1.82) is 0 Å². The van der Waals surface area contributed by atoms with Crippen molar-refractivity contribution in [2.24, 2.45) is 0 Å². The minimum atomic E-state index is -0.162. The van der Waals surface area contributed by atoms with E-state index in [1.54, 1.807) is 42.7 Å². The lowest BCUT2D eigenvalue weighted by Gasteiger charge is -2.08. The second-order valence-corrected chi connectivity index (χ2v) is 5.00. The topological polar surface area (TPSA) is 64.1 Å². The van der Waals surface area contributed by atoms with Gasteiger partial charge >= 0.3 is 0 Å². The van der Waals surface area contributed by atoms with Gasteiger partial charge in [-0.3, -0.25) is 9.78 Å². The monoisotopic (exact) mass is 305 g/mol. The third-order valence-electron chi connectivity index (χ3n) is 3.13. The lowest BCUT2D eigenvalue weighted by Crippen LogP contribution is -2.11. The van der Waals surface area contributed by atoms with Crippen LogP contribution in [0.15, 0.2) is 67.1 Å². The highest BCUT2D eigenvalue weighted by atomic mass is 16.5. The molecule has 5 nitrogen and oxygen atoms in total. The zero-order valence-electron chi connectivity index (χ0n) is 12.6. The van der Waals surface area contributed by atoms with Crippen LogP contribution in [0.1, 0.15) is 15.9 Å². The number of amides is 1. The molecule has 1 N–H and O–H groups in total. The molecule has 0 spiro atoms. The minimum Gasteiger partial charge on any atom is -0.437 e. The maximum atomic E-state index is 12.3. The Morgan fingerprint density at radius 2 is 1.96 bits per heavy atom. The van der Waals surface area contributed by atoms with Crippen LogP contribution in [0.3, 0.4) is 0 Å². The van der Waals surface area contributed by atoms with Gasteiger partial charge < -0.3 is 10.1 Å². The van der Waals surface area contributed by atoms with Crippen molar-refractivity contribution >= 4 is 11.6 Å². The number of hydrogen-bond donors (Lipinski definition) is 1. The first-order valence-corrected chi connectivity index (χ1v) is 7.13. The van der Waals surface area contributed by atoms with E-state index < -0.39 is 0 Å². The number of carbonyl (C=O) groups is 1. The van der Waals surface area contributed by atoms with Crippen LogP contribution in [0.25, 0.3) is 0 Å². The summed E-state index contributed by atoms with van der Waals surface area (Å²) in [5.74, 6) is 0.813. The number of benzene rings is 2. The van der Waals surface area contributed by atoms with Gasteiger partial charge in [-0.25, -0.2) is 4.98 Å². The van der Waals surface area contributed by atoms with Crippen molar-refractivity contribution < 1.29 is 9.53 Å². The Hall–Kier alpha value is -3.21. The summed E-state index contributed by atoms with van der Waals surface area (Å²) in [4.78, 5) is 20.3. The molecular weight excluding hydrogens is 290 g/mol. The molecule has 23 heavy (non-hydrogen) atoms. The molecule has 0 bridgehead atoms. The van der Waals surface area contributed by atoms with Crippen molar-refractivity contribution in [2.75, 3.05) is 5.32 Å². The molecule has 1 aromatic heterocycles. The van der Waals surface area contributed by atoms with Crippen molar-refractivity contribution in [3.05, 3.63) is 78.2 Å². The summed E-state index contributed by atoms with van der Waals surface area (Å²) in [6.45, 7) is 1.95. The fraction of sp³-hybridized carbons (Fsp3) is 0.0556. The Morgan fingerprint density at radius 1 is 1.09 bits per heavy atom. The van der Waals surface area contributed by atoms with Crippen LogP contribution in [-0.2, 0) is 0 Å². The van der Waals surface area contributed by atoms with Gasteiger partial charge in [0.25, 0.3) is 5.91 Å². The Balaban J connectivity index is 1.74. The van der Waals surface area contributed by atoms with Crippen LogP contribution in [0.2, 0.25) is 0 Å². The lowest BCUT2D eigenvalue weighted by atomic mass is 10.1. The van der Waals surface area contributed by atoms with Gasteiger partial charge in [-0.05, 0) is 31.2 Å². The summed E-state index contributed by atoms with van der Waals surface area (Å²) < 4.78 is 5.60. The van der Waals surface area contributed by atoms with E-state index in [0.29, 0.717) is 22.9 Å². The van der Waals surface area contributed by atoms with E-state index in [1.807, 2.05) is 25.1 Å². The van der Waals surface area contributed by atoms with Crippen molar-refractivity contribution in [2.45, 2.75) is 6.92 Å². The van der Waals surface area contributed by atoms with E-state index in [4.69, 9.17) is 4.74 Å². The second-order valence-electron chi connectivity index (χ2n) is 5.00. The quantitative estimate of drug-likeness (QED) is 0.795. The Labute approximate surface area is 134 Å². The average molecular weight is 305 g/mol. The molecule has 0 radical (unpaired) electrons. The SMILES string of the molecule is Cc1cccc(C(=O)Nc2cccc(Oc3cnccn3)c2)c1. The number of rotatable bonds is 4. The average Bonchev–Trinajstić information content (AvgIpc) is 2.56. The van der Waals surface area contributed by atoms with Crippen LogP contribution in [-0.4, -0.2) is 15.9 Å². The van der Waals surface area contributed by atoms with E-state index in [9.17, 15) is 4.79 Å². The molecule has 0 aliphatic carbocycles. The summed E-state index contributed by atoms with van der Waals surface area (Å²) in [5.41, 5.74) is 2.31. The van der Waals surface area contributed by atoms with Gasteiger partial charge in [0.1, 0.15) is 5.75 Å². The summed E-state index contributed by atoms with van der Waals surface area (Å²) in [6.07, 6.45) is 4.65. The van der Waals surface area contributed by atoms with E-state index in [-0.39, 0.29) is 5.91 Å². The van der Waals surface area contributed by atoms with Gasteiger partial charge in [-0.15, -0.1) is 0 Å². The van der Waals surface area contributed by atoms with E-state index in [1.165, 1.54) is 6.20 Å². The molecule has 0 saturated carbocycles. The van der Waals surface area contributed by atoms with Crippen LogP contribution in [0.5, 0.6) is 11.6 Å². The van der Waals surface area contributed by atoms with Crippen LogP contribution in [0.4, 0.5) is 5.69 Å². The number of ether oxygens (including phenoxy) is 1. The molecule has 3 aromatic rings. The van der Waals surface area contributed by atoms with E-state index in [2.05, 4.69) is 15.3 Å². The molecule has 3 rings (SSSR count). The number of nitrogens with zero attached hydrogens (tertiary/aromatic N) is 2. The van der Waals surface area contributed by atoms with Gasteiger partial charge in [0.15, 0.2) is 0 Å². The second kappa shape index (κ2) is 6.70. The van der Waals surface area contributed by atoms with Crippen LogP contribution in [0, 0.1) is 6.92 Å². The Kier molecular flexibility index (Phi) is 4.29. The van der Waals surface area contributed by atoms with E-state index in [0.717, 1.165) is 5.56 Å². The molecule has 0 atom stereocenters. The zero-order chi connectivity index (χ0) is 16.1. The van der Waals surface area contributed by atoms with E-state index >= 15 is 0 Å². The van der Waals surface area contributed by atoms with Crippen molar-refractivity contribution in [3.63, 3.8) is 0 Å². The number of aromatic nitrogens is 2. The zero-order valence-corrected chi connectivity index (χ0v) is 12.6. The Bertz CT molecular complexity index is 819. The predicted molar refractivity (Wildman–Crippen MR) is 87.7 cm³/mol. The number of anilines is 1. The maximum Gasteiger partial charge on any atom is 0.255 e. The molecule has 0 saturated heterocycles. The molecule has 5 heteroatoms. The van der Waals surface area contributed by atoms with Gasteiger partial charge in [0.2, 0.25) is 5.88 Å². The molecule has 0 aliphatic heterocycles. The van der Waals surface area contributed by atoms with Gasteiger partial charge in [-0.1, -0.05) is 23.8 Å². The highest BCUT2D eigenvalue weighted by Crippen LogP contribution is 2.22. The number of carbonyl (C=O) groups excluding carboxylic acids is 1. The third-order valence-corrected chi connectivity index (χ3v) is 3.13. The first-order chi connectivity index (χ1) is 11.2. The highest BCUT2D eigenvalue weighted by molar-refractivity contribution is 6.04. The molecule has 1 heterocycles. The molecule has 1 amide bonds. The van der Waals surface area contributed by atoms with Crippen LogP contribution < -0.4 is 10.1 Å². The number of hydrogen-bond acceptors (Lipinski definition) is 4. The lowest BCUT2D eigenvalue weighted by molar-refractivity contribution is 0.102. The minimum absolute atomic E-state index is 0.162. The fourth-order valence-electron chi connectivity index (χ4n) is 2.09. The van der Waals surface area contributed by atoms with Crippen molar-refractivity contribution in [3.8, 4) is 11.6 Å². The first-order valence-electron chi connectivity index (χ1n) is 7.13. The molecule has 0 aliphatic rings. The normalized spacial score (nSPS) is 10.1. The summed E-state index contributed by atoms with van der Waals surface area (Å²) in [5, 5.41) is 2.86. The maximum absolute atomic E-state index is 12.3. The standard InChI is InChI=1S/C18H15N3O2/c1-13-4-2-5-14(10-13)18(22)21-15-6-3-7-16(11-15)23-17-12-19-8-9-20-17/h2-12H,1H3,(H,21,22). The van der Waals surface area contributed by atoms with Crippen LogP contribution >= 0.6 is 0 Å². The van der Waals surface area contributed by atoms with Gasteiger partial charge in [-0.2, -0.15) is 0 Å². The highest BCUT2D eigenvalue weighted by Gasteiger charge is 2.07. The predicted octanol–water partition coefficient (Wildman–Crippen LogP) is 3.83. The summed E-state index contributed by atoms with van der Waals surface area (Å²) in [6, 6.07) is 14.6. The molecule has 0 unspecified atom stereocenters. The number of aryl methyl sites for hydroxylation is 1. The van der Waals surface area contributed by atoms with Gasteiger partial charge in [0.05, 0.1) is 6.20 Å². The molecule has 0 fully saturated rings. The summed E-state index contributed by atoms with van der Waals surface area (Å²) in [7, 11) is 0. The summed E-state index contributed by atoms with van der Waals surface area (Å²) >= 11 is 0. The van der Waals surface area contributed by atoms with Crippen molar-refractivity contribution in [1.82, 2.24) is 9.97 Å². The molecule has 2 aromatic carbocycles. The number of nitrogens with one attached hydrogen (secondary N) is 1. The Morgan fingerprint density at radius 3 is 2.74 bits per heavy atom. The molecule has 114 valence electrons. The smallest absolute Gasteiger partial charge is 0.255 e. The van der Waals surface area contributed by atoms with Gasteiger partial charge in [0, 0.05) is 29.7 Å². The third kappa shape index (κ3) is 3.91. The fourth-order valence-corrected chi connectivity index (χ4v) is 2.09.